The quantitative estimate of drug-likeness (QED) is 0.804. The fourth-order valence-electron chi connectivity index (χ4n) is 3.17. The zero-order valence-electron chi connectivity index (χ0n) is 14.2. The molecule has 0 bridgehead atoms. The highest BCUT2D eigenvalue weighted by Gasteiger charge is 2.39. The molecule has 1 aliphatic carbocycles. The van der Waals surface area contributed by atoms with Gasteiger partial charge in [-0.2, -0.15) is 0 Å². The maximum atomic E-state index is 5.22. The van der Waals surface area contributed by atoms with Crippen molar-refractivity contribution in [1.82, 2.24) is 10.3 Å². The first-order valence-electron chi connectivity index (χ1n) is 8.08. The number of rotatable bonds is 6. The Balaban J connectivity index is 2.23. The summed E-state index contributed by atoms with van der Waals surface area (Å²) < 4.78 is 5.22. The number of thiazole rings is 1. The SMILES string of the molecule is COCCNC(C)(c1nc(C(C)(C)C)cs1)C1CCCC1. The molecule has 2 rings (SSSR count). The second-order valence-electron chi connectivity index (χ2n) is 7.39. The van der Waals surface area contributed by atoms with Crippen LogP contribution in [0.2, 0.25) is 0 Å². The van der Waals surface area contributed by atoms with Gasteiger partial charge in [0.1, 0.15) is 5.01 Å². The van der Waals surface area contributed by atoms with E-state index in [2.05, 4.69) is 38.4 Å². The molecule has 4 heteroatoms. The molecule has 1 N–H and O–H groups in total. The Morgan fingerprint density at radius 2 is 1.95 bits per heavy atom. The van der Waals surface area contributed by atoms with Crippen LogP contribution in [0.3, 0.4) is 0 Å². The molecule has 0 saturated heterocycles. The number of ether oxygens (including phenoxy) is 1. The first-order valence-corrected chi connectivity index (χ1v) is 8.96. The number of hydrogen-bond donors (Lipinski definition) is 1. The Labute approximate surface area is 133 Å². The van der Waals surface area contributed by atoms with Crippen LogP contribution in [-0.2, 0) is 15.7 Å². The van der Waals surface area contributed by atoms with E-state index in [0.717, 1.165) is 13.2 Å². The lowest BCUT2D eigenvalue weighted by atomic mass is 9.84. The van der Waals surface area contributed by atoms with Gasteiger partial charge in [-0.15, -0.1) is 11.3 Å². The van der Waals surface area contributed by atoms with E-state index in [1.807, 2.05) is 11.3 Å². The third-order valence-electron chi connectivity index (χ3n) is 4.69. The van der Waals surface area contributed by atoms with Gasteiger partial charge in [-0.3, -0.25) is 0 Å². The summed E-state index contributed by atoms with van der Waals surface area (Å²) in [5.74, 6) is 0.688. The highest BCUT2D eigenvalue weighted by Crippen LogP contribution is 2.42. The third-order valence-corrected chi connectivity index (χ3v) is 5.77. The van der Waals surface area contributed by atoms with Crippen LogP contribution < -0.4 is 5.32 Å². The molecule has 1 aromatic rings. The molecular formula is C17H30N2OS. The van der Waals surface area contributed by atoms with E-state index in [1.165, 1.54) is 36.4 Å². The van der Waals surface area contributed by atoms with Gasteiger partial charge in [-0.05, 0) is 25.7 Å². The van der Waals surface area contributed by atoms with Crippen LogP contribution in [0.15, 0.2) is 5.38 Å². The smallest absolute Gasteiger partial charge is 0.113 e. The Morgan fingerprint density at radius 1 is 1.29 bits per heavy atom. The van der Waals surface area contributed by atoms with Crippen molar-refractivity contribution in [2.24, 2.45) is 5.92 Å². The zero-order chi connectivity index (χ0) is 15.5. The number of nitrogens with one attached hydrogen (secondary N) is 1. The van der Waals surface area contributed by atoms with E-state index in [4.69, 9.17) is 9.72 Å². The van der Waals surface area contributed by atoms with Gasteiger partial charge in [0.05, 0.1) is 17.8 Å². The molecule has 0 aromatic carbocycles. The summed E-state index contributed by atoms with van der Waals surface area (Å²) in [4.78, 5) is 4.99. The van der Waals surface area contributed by atoms with Crippen LogP contribution in [0.4, 0.5) is 0 Å². The van der Waals surface area contributed by atoms with Crippen molar-refractivity contribution in [1.29, 1.82) is 0 Å². The Hall–Kier alpha value is -0.450. The largest absolute Gasteiger partial charge is 0.383 e. The van der Waals surface area contributed by atoms with Gasteiger partial charge in [0, 0.05) is 24.4 Å². The predicted molar refractivity (Wildman–Crippen MR) is 90.0 cm³/mol. The molecule has 1 unspecified atom stereocenters. The molecular weight excluding hydrogens is 280 g/mol. The second kappa shape index (κ2) is 6.76. The minimum atomic E-state index is -0.0107. The highest BCUT2D eigenvalue weighted by molar-refractivity contribution is 7.09. The second-order valence-corrected chi connectivity index (χ2v) is 8.25. The van der Waals surface area contributed by atoms with Crippen molar-refractivity contribution in [3.05, 3.63) is 16.1 Å². The van der Waals surface area contributed by atoms with Crippen LogP contribution in [0, 0.1) is 5.92 Å². The van der Waals surface area contributed by atoms with Gasteiger partial charge in [0.15, 0.2) is 0 Å². The normalized spacial score (nSPS) is 19.9. The first kappa shape index (κ1) is 16.9. The van der Waals surface area contributed by atoms with E-state index in [9.17, 15) is 0 Å². The zero-order valence-corrected chi connectivity index (χ0v) is 15.0. The van der Waals surface area contributed by atoms with Crippen LogP contribution in [0.25, 0.3) is 0 Å². The molecule has 3 nitrogen and oxygen atoms in total. The van der Waals surface area contributed by atoms with Crippen LogP contribution in [0.5, 0.6) is 0 Å². The van der Waals surface area contributed by atoms with Crippen molar-refractivity contribution in [2.75, 3.05) is 20.3 Å². The van der Waals surface area contributed by atoms with Crippen LogP contribution >= 0.6 is 11.3 Å². The molecule has 1 fully saturated rings. The lowest BCUT2D eigenvalue weighted by molar-refractivity contribution is 0.166. The third kappa shape index (κ3) is 3.85. The summed E-state index contributed by atoms with van der Waals surface area (Å²) in [7, 11) is 1.76. The minimum absolute atomic E-state index is 0.0107. The molecule has 1 aromatic heterocycles. The number of aromatic nitrogens is 1. The summed E-state index contributed by atoms with van der Waals surface area (Å²) in [6, 6.07) is 0. The predicted octanol–water partition coefficient (Wildman–Crippen LogP) is 4.08. The molecule has 0 aliphatic heterocycles. The highest BCUT2D eigenvalue weighted by atomic mass is 32.1. The van der Waals surface area contributed by atoms with E-state index in [-0.39, 0.29) is 11.0 Å². The Morgan fingerprint density at radius 3 is 2.48 bits per heavy atom. The number of hydrogen-bond acceptors (Lipinski definition) is 4. The Kier molecular flexibility index (Phi) is 5.44. The van der Waals surface area contributed by atoms with Gasteiger partial charge < -0.3 is 10.1 Å². The van der Waals surface area contributed by atoms with Gasteiger partial charge >= 0.3 is 0 Å². The van der Waals surface area contributed by atoms with Gasteiger partial charge in [0.25, 0.3) is 0 Å². The summed E-state index contributed by atoms with van der Waals surface area (Å²) in [6.07, 6.45) is 5.31. The molecule has 21 heavy (non-hydrogen) atoms. The lowest BCUT2D eigenvalue weighted by Gasteiger charge is -2.35. The number of methoxy groups -OCH3 is 1. The average Bonchev–Trinajstić information content (AvgIpc) is 3.10. The number of nitrogens with zero attached hydrogens (tertiary/aromatic N) is 1. The summed E-state index contributed by atoms with van der Waals surface area (Å²) in [5, 5.41) is 7.23. The topological polar surface area (TPSA) is 34.1 Å². The van der Waals surface area contributed by atoms with E-state index in [1.54, 1.807) is 7.11 Å². The molecule has 120 valence electrons. The van der Waals surface area contributed by atoms with E-state index in [0.29, 0.717) is 5.92 Å². The molecule has 0 radical (unpaired) electrons. The molecule has 0 amide bonds. The average molecular weight is 311 g/mol. The first-order chi connectivity index (χ1) is 9.88. The summed E-state index contributed by atoms with van der Waals surface area (Å²) in [6.45, 7) is 10.7. The Bertz CT molecular complexity index is 446. The van der Waals surface area contributed by atoms with Gasteiger partial charge in [-0.25, -0.2) is 4.98 Å². The van der Waals surface area contributed by atoms with Crippen molar-refractivity contribution >= 4 is 11.3 Å². The monoisotopic (exact) mass is 310 g/mol. The molecule has 1 atom stereocenters. The van der Waals surface area contributed by atoms with E-state index < -0.39 is 0 Å². The van der Waals surface area contributed by atoms with Crippen molar-refractivity contribution in [3.8, 4) is 0 Å². The fourth-order valence-corrected chi connectivity index (χ4v) is 4.43. The van der Waals surface area contributed by atoms with Crippen molar-refractivity contribution < 1.29 is 4.74 Å². The lowest BCUT2D eigenvalue weighted by Crippen LogP contribution is -2.46. The molecule has 1 saturated carbocycles. The van der Waals surface area contributed by atoms with Crippen LogP contribution in [0.1, 0.15) is 64.1 Å². The van der Waals surface area contributed by atoms with Crippen molar-refractivity contribution in [2.45, 2.75) is 64.3 Å². The molecule has 0 spiro atoms. The summed E-state index contributed by atoms with van der Waals surface area (Å²) in [5.41, 5.74) is 1.32. The molecule has 1 aliphatic rings. The maximum absolute atomic E-state index is 5.22. The van der Waals surface area contributed by atoms with Crippen LogP contribution in [-0.4, -0.2) is 25.2 Å². The standard InChI is InChI=1S/C17H30N2OS/c1-16(2,3)14-12-21-15(19-14)17(4,18-10-11-20-5)13-8-6-7-9-13/h12-13,18H,6-11H2,1-5H3. The van der Waals surface area contributed by atoms with Gasteiger partial charge in [-0.1, -0.05) is 33.6 Å². The summed E-state index contributed by atoms with van der Waals surface area (Å²) >= 11 is 1.81. The van der Waals surface area contributed by atoms with Crippen molar-refractivity contribution in [3.63, 3.8) is 0 Å². The van der Waals surface area contributed by atoms with Gasteiger partial charge in [0.2, 0.25) is 0 Å². The molecule has 1 heterocycles. The maximum Gasteiger partial charge on any atom is 0.113 e. The van der Waals surface area contributed by atoms with E-state index >= 15 is 0 Å². The minimum Gasteiger partial charge on any atom is -0.383 e. The fraction of sp³-hybridized carbons (Fsp3) is 0.824.